The Labute approximate surface area is 96.6 Å². The van der Waals surface area contributed by atoms with Gasteiger partial charge < -0.3 is 4.74 Å². The fourth-order valence-electron chi connectivity index (χ4n) is 2.44. The van der Waals surface area contributed by atoms with Crippen LogP contribution in [0.2, 0.25) is 0 Å². The van der Waals surface area contributed by atoms with E-state index in [4.69, 9.17) is 4.74 Å². The van der Waals surface area contributed by atoms with E-state index in [1.165, 1.54) is 24.7 Å². The SMILES string of the molecule is COC(=O)C(C)c1ccc2c(c1)CC(C)C2. The van der Waals surface area contributed by atoms with Gasteiger partial charge in [0.05, 0.1) is 13.0 Å². The molecule has 0 aromatic heterocycles. The van der Waals surface area contributed by atoms with Gasteiger partial charge >= 0.3 is 5.97 Å². The van der Waals surface area contributed by atoms with Crippen LogP contribution in [0.4, 0.5) is 0 Å². The monoisotopic (exact) mass is 218 g/mol. The molecular weight excluding hydrogens is 200 g/mol. The summed E-state index contributed by atoms with van der Waals surface area (Å²) in [5, 5.41) is 0. The zero-order chi connectivity index (χ0) is 11.7. The van der Waals surface area contributed by atoms with E-state index in [-0.39, 0.29) is 11.9 Å². The first-order valence-electron chi connectivity index (χ1n) is 5.81. The Morgan fingerprint density at radius 1 is 1.38 bits per heavy atom. The molecule has 0 saturated carbocycles. The summed E-state index contributed by atoms with van der Waals surface area (Å²) in [6.45, 7) is 4.16. The summed E-state index contributed by atoms with van der Waals surface area (Å²) in [5.41, 5.74) is 3.91. The lowest BCUT2D eigenvalue weighted by molar-refractivity contribution is -0.141. The molecular formula is C14H18O2. The molecule has 2 nitrogen and oxygen atoms in total. The summed E-state index contributed by atoms with van der Waals surface area (Å²) in [5.74, 6) is 0.413. The highest BCUT2D eigenvalue weighted by Gasteiger charge is 2.21. The van der Waals surface area contributed by atoms with Crippen LogP contribution in [0.15, 0.2) is 18.2 Å². The number of ether oxygens (including phenoxy) is 1. The molecule has 1 aliphatic rings. The van der Waals surface area contributed by atoms with Crippen LogP contribution in [0.3, 0.4) is 0 Å². The van der Waals surface area contributed by atoms with Crippen LogP contribution in [-0.2, 0) is 22.4 Å². The first kappa shape index (κ1) is 11.2. The number of benzene rings is 1. The molecule has 1 aliphatic carbocycles. The van der Waals surface area contributed by atoms with Crippen molar-refractivity contribution in [1.29, 1.82) is 0 Å². The summed E-state index contributed by atoms with van der Waals surface area (Å²) < 4.78 is 4.77. The molecule has 0 spiro atoms. The predicted octanol–water partition coefficient (Wildman–Crippen LogP) is 2.70. The van der Waals surface area contributed by atoms with Crippen LogP contribution in [0, 0.1) is 5.92 Å². The van der Waals surface area contributed by atoms with Crippen LogP contribution in [-0.4, -0.2) is 13.1 Å². The topological polar surface area (TPSA) is 26.3 Å². The van der Waals surface area contributed by atoms with Crippen LogP contribution in [0.25, 0.3) is 0 Å². The molecule has 16 heavy (non-hydrogen) atoms. The van der Waals surface area contributed by atoms with Crippen LogP contribution >= 0.6 is 0 Å². The van der Waals surface area contributed by atoms with Gasteiger partial charge in [-0.1, -0.05) is 25.1 Å². The Morgan fingerprint density at radius 2 is 2.06 bits per heavy atom. The standard InChI is InChI=1S/C14H18O2/c1-9-6-12-5-4-11(8-13(12)7-9)10(2)14(15)16-3/h4-5,8-10H,6-7H2,1-3H3. The highest BCUT2D eigenvalue weighted by atomic mass is 16.5. The molecule has 0 fully saturated rings. The molecule has 0 bridgehead atoms. The lowest BCUT2D eigenvalue weighted by Crippen LogP contribution is -2.11. The van der Waals surface area contributed by atoms with Crippen molar-refractivity contribution in [2.45, 2.75) is 32.6 Å². The molecule has 1 aromatic carbocycles. The third-order valence-corrected chi connectivity index (χ3v) is 3.42. The van der Waals surface area contributed by atoms with Crippen molar-refractivity contribution in [3.63, 3.8) is 0 Å². The second kappa shape index (κ2) is 4.28. The van der Waals surface area contributed by atoms with Crippen LogP contribution < -0.4 is 0 Å². The van der Waals surface area contributed by atoms with Crippen molar-refractivity contribution >= 4 is 5.97 Å². The summed E-state index contributed by atoms with van der Waals surface area (Å²) in [6, 6.07) is 6.38. The summed E-state index contributed by atoms with van der Waals surface area (Å²) in [4.78, 5) is 11.5. The minimum Gasteiger partial charge on any atom is -0.469 e. The van der Waals surface area contributed by atoms with E-state index in [0.29, 0.717) is 0 Å². The maximum absolute atomic E-state index is 11.5. The number of fused-ring (bicyclic) bond motifs is 1. The Kier molecular flexibility index (Phi) is 2.99. The van der Waals surface area contributed by atoms with Gasteiger partial charge in [0.25, 0.3) is 0 Å². The number of methoxy groups -OCH3 is 1. The number of carbonyl (C=O) groups excluding carboxylic acids is 1. The third-order valence-electron chi connectivity index (χ3n) is 3.42. The fraction of sp³-hybridized carbons (Fsp3) is 0.500. The molecule has 2 atom stereocenters. The molecule has 0 saturated heterocycles. The predicted molar refractivity (Wildman–Crippen MR) is 63.4 cm³/mol. The van der Waals surface area contributed by atoms with Gasteiger partial charge in [0.2, 0.25) is 0 Å². The minimum absolute atomic E-state index is 0.161. The van der Waals surface area contributed by atoms with Crippen molar-refractivity contribution in [2.24, 2.45) is 5.92 Å². The van der Waals surface area contributed by atoms with E-state index in [2.05, 4.69) is 25.1 Å². The Bertz CT molecular complexity index is 409. The van der Waals surface area contributed by atoms with Crippen molar-refractivity contribution in [3.05, 3.63) is 34.9 Å². The maximum atomic E-state index is 11.5. The highest BCUT2D eigenvalue weighted by Crippen LogP contribution is 2.29. The second-order valence-electron chi connectivity index (χ2n) is 4.79. The number of hydrogen-bond donors (Lipinski definition) is 0. The molecule has 86 valence electrons. The zero-order valence-corrected chi connectivity index (χ0v) is 10.1. The Balaban J connectivity index is 2.25. The lowest BCUT2D eigenvalue weighted by atomic mass is 9.97. The van der Waals surface area contributed by atoms with Gasteiger partial charge in [-0.2, -0.15) is 0 Å². The molecule has 0 heterocycles. The van der Waals surface area contributed by atoms with E-state index >= 15 is 0 Å². The van der Waals surface area contributed by atoms with Crippen LogP contribution in [0.5, 0.6) is 0 Å². The molecule has 0 aliphatic heterocycles. The van der Waals surface area contributed by atoms with E-state index in [1.54, 1.807) is 0 Å². The molecule has 2 rings (SSSR count). The van der Waals surface area contributed by atoms with Gasteiger partial charge in [0.15, 0.2) is 0 Å². The number of carbonyl (C=O) groups is 1. The lowest BCUT2D eigenvalue weighted by Gasteiger charge is -2.11. The summed E-state index contributed by atoms with van der Waals surface area (Å²) in [6.07, 6.45) is 2.30. The second-order valence-corrected chi connectivity index (χ2v) is 4.79. The van der Waals surface area contributed by atoms with Crippen LogP contribution in [0.1, 0.15) is 36.5 Å². The molecule has 0 amide bonds. The number of esters is 1. The third kappa shape index (κ3) is 1.97. The quantitative estimate of drug-likeness (QED) is 0.713. The van der Waals surface area contributed by atoms with Crippen molar-refractivity contribution < 1.29 is 9.53 Å². The maximum Gasteiger partial charge on any atom is 0.312 e. The molecule has 2 unspecified atom stereocenters. The number of hydrogen-bond acceptors (Lipinski definition) is 2. The molecule has 2 heteroatoms. The minimum atomic E-state index is -0.161. The zero-order valence-electron chi connectivity index (χ0n) is 10.1. The van der Waals surface area contributed by atoms with E-state index < -0.39 is 0 Å². The molecule has 0 radical (unpaired) electrons. The van der Waals surface area contributed by atoms with Gasteiger partial charge in [-0.05, 0) is 42.4 Å². The largest absolute Gasteiger partial charge is 0.469 e. The fourth-order valence-corrected chi connectivity index (χ4v) is 2.44. The van der Waals surface area contributed by atoms with E-state index in [1.807, 2.05) is 6.92 Å². The van der Waals surface area contributed by atoms with Gasteiger partial charge in [-0.3, -0.25) is 4.79 Å². The molecule has 1 aromatic rings. The van der Waals surface area contributed by atoms with Gasteiger partial charge in [0.1, 0.15) is 0 Å². The van der Waals surface area contributed by atoms with E-state index in [9.17, 15) is 4.79 Å². The highest BCUT2D eigenvalue weighted by molar-refractivity contribution is 5.77. The van der Waals surface area contributed by atoms with Gasteiger partial charge in [0, 0.05) is 0 Å². The van der Waals surface area contributed by atoms with Crippen molar-refractivity contribution in [1.82, 2.24) is 0 Å². The normalized spacial score (nSPS) is 20.3. The van der Waals surface area contributed by atoms with Crippen molar-refractivity contribution in [2.75, 3.05) is 7.11 Å². The summed E-state index contributed by atoms with van der Waals surface area (Å²) in [7, 11) is 1.44. The van der Waals surface area contributed by atoms with Gasteiger partial charge in [-0.15, -0.1) is 0 Å². The van der Waals surface area contributed by atoms with Gasteiger partial charge in [-0.25, -0.2) is 0 Å². The average molecular weight is 218 g/mol. The number of rotatable bonds is 2. The first-order valence-corrected chi connectivity index (χ1v) is 5.81. The Morgan fingerprint density at radius 3 is 2.75 bits per heavy atom. The smallest absolute Gasteiger partial charge is 0.312 e. The molecule has 0 N–H and O–H groups in total. The first-order chi connectivity index (χ1) is 7.61. The summed E-state index contributed by atoms with van der Waals surface area (Å²) >= 11 is 0. The average Bonchev–Trinajstić information content (AvgIpc) is 2.65. The van der Waals surface area contributed by atoms with E-state index in [0.717, 1.165) is 17.9 Å². The Hall–Kier alpha value is -1.31. The van der Waals surface area contributed by atoms with Crippen molar-refractivity contribution in [3.8, 4) is 0 Å².